The molecular weight excluding hydrogens is 122 g/mol. The Balaban J connectivity index is 3.57. The Hall–Kier alpha value is -0.640. The predicted molar refractivity (Wildman–Crippen MR) is 45.6 cm³/mol. The SMILES string of the molecule is CC#CN(CCC)CCC. The van der Waals surface area contributed by atoms with E-state index >= 15 is 0 Å². The topological polar surface area (TPSA) is 3.24 Å². The van der Waals surface area contributed by atoms with Crippen LogP contribution in [0.15, 0.2) is 0 Å². The third-order valence-corrected chi connectivity index (χ3v) is 1.26. The van der Waals surface area contributed by atoms with E-state index in [1.165, 1.54) is 12.8 Å². The van der Waals surface area contributed by atoms with Gasteiger partial charge in [-0.25, -0.2) is 0 Å². The molecule has 0 N–H and O–H groups in total. The molecule has 0 saturated carbocycles. The van der Waals surface area contributed by atoms with E-state index in [1.54, 1.807) is 0 Å². The van der Waals surface area contributed by atoms with Crippen LogP contribution in [-0.4, -0.2) is 18.0 Å². The van der Waals surface area contributed by atoms with Crippen molar-refractivity contribution in [3.8, 4) is 12.0 Å². The lowest BCUT2D eigenvalue weighted by atomic mass is 10.4. The molecule has 0 saturated heterocycles. The second-order valence-corrected chi connectivity index (χ2v) is 2.35. The van der Waals surface area contributed by atoms with Crippen LogP contribution in [0.4, 0.5) is 0 Å². The van der Waals surface area contributed by atoms with Gasteiger partial charge in [0, 0.05) is 19.1 Å². The number of hydrogen-bond acceptors (Lipinski definition) is 1. The maximum Gasteiger partial charge on any atom is 0.0257 e. The maximum atomic E-state index is 3.07. The Morgan fingerprint density at radius 1 is 1.10 bits per heavy atom. The van der Waals surface area contributed by atoms with Crippen molar-refractivity contribution in [2.75, 3.05) is 13.1 Å². The van der Waals surface area contributed by atoms with Crippen LogP contribution in [0.2, 0.25) is 0 Å². The van der Waals surface area contributed by atoms with Crippen molar-refractivity contribution in [3.63, 3.8) is 0 Å². The van der Waals surface area contributed by atoms with Gasteiger partial charge in [-0.3, -0.25) is 0 Å². The first-order valence-corrected chi connectivity index (χ1v) is 4.02. The summed E-state index contributed by atoms with van der Waals surface area (Å²) < 4.78 is 0. The first kappa shape index (κ1) is 9.36. The van der Waals surface area contributed by atoms with Crippen molar-refractivity contribution in [1.82, 2.24) is 4.90 Å². The van der Waals surface area contributed by atoms with Gasteiger partial charge in [-0.1, -0.05) is 19.8 Å². The van der Waals surface area contributed by atoms with Gasteiger partial charge in [0.05, 0.1) is 0 Å². The number of nitrogens with zero attached hydrogens (tertiary/aromatic N) is 1. The van der Waals surface area contributed by atoms with E-state index in [0.717, 1.165) is 13.1 Å². The van der Waals surface area contributed by atoms with Crippen molar-refractivity contribution in [1.29, 1.82) is 0 Å². The summed E-state index contributed by atoms with van der Waals surface area (Å²) in [5.74, 6) is 2.91. The summed E-state index contributed by atoms with van der Waals surface area (Å²) in [7, 11) is 0. The Morgan fingerprint density at radius 3 is 1.90 bits per heavy atom. The molecule has 10 heavy (non-hydrogen) atoms. The zero-order chi connectivity index (χ0) is 7.82. The molecule has 58 valence electrons. The highest BCUT2D eigenvalue weighted by molar-refractivity contribution is 4.94. The molecule has 0 aromatic carbocycles. The van der Waals surface area contributed by atoms with Gasteiger partial charge in [-0.2, -0.15) is 0 Å². The van der Waals surface area contributed by atoms with Gasteiger partial charge in [0.1, 0.15) is 0 Å². The highest BCUT2D eigenvalue weighted by Gasteiger charge is 1.92. The van der Waals surface area contributed by atoms with Crippen molar-refractivity contribution in [2.24, 2.45) is 0 Å². The van der Waals surface area contributed by atoms with Crippen molar-refractivity contribution in [2.45, 2.75) is 33.6 Å². The van der Waals surface area contributed by atoms with Crippen LogP contribution in [0, 0.1) is 12.0 Å². The van der Waals surface area contributed by atoms with E-state index < -0.39 is 0 Å². The summed E-state index contributed by atoms with van der Waals surface area (Å²) in [5, 5.41) is 0. The van der Waals surface area contributed by atoms with E-state index in [2.05, 4.69) is 30.7 Å². The molecule has 0 heterocycles. The van der Waals surface area contributed by atoms with Gasteiger partial charge in [-0.15, -0.1) is 0 Å². The summed E-state index contributed by atoms with van der Waals surface area (Å²) in [4.78, 5) is 2.18. The predicted octanol–water partition coefficient (Wildman–Crippen LogP) is 2.09. The van der Waals surface area contributed by atoms with Gasteiger partial charge < -0.3 is 4.90 Å². The monoisotopic (exact) mass is 139 g/mol. The molecule has 0 aliphatic rings. The molecule has 0 spiro atoms. The molecule has 0 aliphatic heterocycles. The molecule has 0 bridgehead atoms. The second-order valence-electron chi connectivity index (χ2n) is 2.35. The normalized spacial score (nSPS) is 8.30. The van der Waals surface area contributed by atoms with E-state index in [1.807, 2.05) is 6.92 Å². The number of hydrogen-bond donors (Lipinski definition) is 0. The van der Waals surface area contributed by atoms with Crippen LogP contribution in [0.25, 0.3) is 0 Å². The van der Waals surface area contributed by atoms with E-state index in [9.17, 15) is 0 Å². The molecule has 0 radical (unpaired) electrons. The summed E-state index contributed by atoms with van der Waals surface area (Å²) in [6, 6.07) is 3.07. The summed E-state index contributed by atoms with van der Waals surface area (Å²) in [6.07, 6.45) is 2.38. The van der Waals surface area contributed by atoms with Crippen LogP contribution in [0.3, 0.4) is 0 Å². The van der Waals surface area contributed by atoms with E-state index in [0.29, 0.717) is 0 Å². The highest BCUT2D eigenvalue weighted by atomic mass is 15.1. The zero-order valence-electron chi connectivity index (χ0n) is 7.28. The minimum Gasteiger partial charge on any atom is -0.333 e. The molecule has 0 aromatic heterocycles. The highest BCUT2D eigenvalue weighted by Crippen LogP contribution is 1.90. The minimum absolute atomic E-state index is 1.11. The van der Waals surface area contributed by atoms with Gasteiger partial charge >= 0.3 is 0 Å². The Morgan fingerprint density at radius 2 is 1.60 bits per heavy atom. The van der Waals surface area contributed by atoms with Gasteiger partial charge in [0.15, 0.2) is 0 Å². The van der Waals surface area contributed by atoms with E-state index in [-0.39, 0.29) is 0 Å². The maximum absolute atomic E-state index is 3.07. The number of rotatable bonds is 4. The third kappa shape index (κ3) is 4.26. The lowest BCUT2D eigenvalue weighted by molar-refractivity contribution is 0.397. The van der Waals surface area contributed by atoms with Gasteiger partial charge in [-0.05, 0) is 19.8 Å². The second kappa shape index (κ2) is 6.48. The molecule has 0 atom stereocenters. The van der Waals surface area contributed by atoms with Crippen LogP contribution in [0.5, 0.6) is 0 Å². The zero-order valence-corrected chi connectivity index (χ0v) is 7.28. The molecule has 0 aromatic rings. The summed E-state index contributed by atoms with van der Waals surface area (Å²) in [5.41, 5.74) is 0. The standard InChI is InChI=1S/C9H17N/c1-4-7-10(8-5-2)9-6-3/h4-5,7-8H2,1-3H3. The van der Waals surface area contributed by atoms with Crippen LogP contribution in [0.1, 0.15) is 33.6 Å². The molecule has 1 nitrogen and oxygen atoms in total. The molecule has 0 rings (SSSR count). The minimum atomic E-state index is 1.11. The average Bonchev–Trinajstić information content (AvgIpc) is 1.90. The van der Waals surface area contributed by atoms with Crippen LogP contribution >= 0.6 is 0 Å². The smallest absolute Gasteiger partial charge is 0.0257 e. The molecule has 0 unspecified atom stereocenters. The fourth-order valence-corrected chi connectivity index (χ4v) is 0.922. The third-order valence-electron chi connectivity index (χ3n) is 1.26. The Kier molecular flexibility index (Phi) is 6.06. The lowest BCUT2D eigenvalue weighted by Crippen LogP contribution is -2.19. The Bertz CT molecular complexity index is 112. The van der Waals surface area contributed by atoms with Crippen LogP contribution < -0.4 is 0 Å². The first-order chi connectivity index (χ1) is 4.85. The quantitative estimate of drug-likeness (QED) is 0.426. The first-order valence-electron chi connectivity index (χ1n) is 4.02. The van der Waals surface area contributed by atoms with E-state index in [4.69, 9.17) is 0 Å². The van der Waals surface area contributed by atoms with Crippen LogP contribution in [-0.2, 0) is 0 Å². The molecule has 0 fully saturated rings. The van der Waals surface area contributed by atoms with Crippen molar-refractivity contribution in [3.05, 3.63) is 0 Å². The fraction of sp³-hybridized carbons (Fsp3) is 0.778. The summed E-state index contributed by atoms with van der Waals surface area (Å²) in [6.45, 7) is 8.46. The average molecular weight is 139 g/mol. The van der Waals surface area contributed by atoms with Crippen molar-refractivity contribution < 1.29 is 0 Å². The fourth-order valence-electron chi connectivity index (χ4n) is 0.922. The van der Waals surface area contributed by atoms with Crippen molar-refractivity contribution >= 4 is 0 Å². The van der Waals surface area contributed by atoms with Gasteiger partial charge in [0.2, 0.25) is 0 Å². The Labute approximate surface area is 64.4 Å². The summed E-state index contributed by atoms with van der Waals surface area (Å²) >= 11 is 0. The lowest BCUT2D eigenvalue weighted by Gasteiger charge is -2.14. The largest absolute Gasteiger partial charge is 0.333 e. The molecule has 1 heteroatoms. The molecule has 0 amide bonds. The molecule has 0 aliphatic carbocycles. The van der Waals surface area contributed by atoms with Gasteiger partial charge in [0.25, 0.3) is 0 Å². The molecular formula is C9H17N.